The van der Waals surface area contributed by atoms with Crippen molar-refractivity contribution in [2.75, 3.05) is 13.2 Å². The lowest BCUT2D eigenvalue weighted by atomic mass is 9.74. The van der Waals surface area contributed by atoms with Crippen molar-refractivity contribution in [1.29, 1.82) is 0 Å². The van der Waals surface area contributed by atoms with E-state index in [9.17, 15) is 0 Å². The van der Waals surface area contributed by atoms with Gasteiger partial charge in [-0.2, -0.15) is 0 Å². The van der Waals surface area contributed by atoms with Crippen LogP contribution in [0.2, 0.25) is 0 Å². The van der Waals surface area contributed by atoms with Gasteiger partial charge < -0.3 is 10.1 Å². The van der Waals surface area contributed by atoms with E-state index in [1.165, 1.54) is 51.4 Å². The van der Waals surface area contributed by atoms with Gasteiger partial charge in [0.25, 0.3) is 0 Å². The van der Waals surface area contributed by atoms with Gasteiger partial charge in [0.2, 0.25) is 0 Å². The average Bonchev–Trinajstić information content (AvgIpc) is 2.46. The third-order valence-electron chi connectivity index (χ3n) is 5.08. The molecule has 0 saturated heterocycles. The van der Waals surface area contributed by atoms with Crippen LogP contribution in [0.4, 0.5) is 0 Å². The van der Waals surface area contributed by atoms with E-state index in [1.807, 2.05) is 0 Å². The zero-order chi connectivity index (χ0) is 15.7. The third kappa shape index (κ3) is 7.15. The van der Waals surface area contributed by atoms with Gasteiger partial charge in [-0.1, -0.05) is 53.9 Å². The van der Waals surface area contributed by atoms with E-state index in [0.29, 0.717) is 17.6 Å². The molecule has 2 heteroatoms. The zero-order valence-corrected chi connectivity index (χ0v) is 15.2. The molecule has 0 aromatic carbocycles. The third-order valence-corrected chi connectivity index (χ3v) is 5.08. The Labute approximate surface area is 133 Å². The molecule has 1 N–H and O–H groups in total. The first-order valence-electron chi connectivity index (χ1n) is 9.37. The van der Waals surface area contributed by atoms with Crippen LogP contribution in [0, 0.1) is 11.3 Å². The van der Waals surface area contributed by atoms with Gasteiger partial charge in [-0.05, 0) is 50.0 Å². The van der Waals surface area contributed by atoms with Gasteiger partial charge in [0.05, 0.1) is 6.10 Å². The number of hydrogen-bond donors (Lipinski definition) is 1. The van der Waals surface area contributed by atoms with E-state index in [2.05, 4.69) is 39.9 Å². The molecule has 1 saturated carbocycles. The van der Waals surface area contributed by atoms with E-state index in [4.69, 9.17) is 4.74 Å². The Bertz CT molecular complexity index is 264. The van der Waals surface area contributed by atoms with Crippen molar-refractivity contribution in [2.24, 2.45) is 11.3 Å². The molecule has 0 bridgehead atoms. The molecule has 1 rings (SSSR count). The van der Waals surface area contributed by atoms with Crippen LogP contribution in [0.5, 0.6) is 0 Å². The summed E-state index contributed by atoms with van der Waals surface area (Å²) in [6, 6.07) is 0.571. The molecule has 1 aliphatic rings. The van der Waals surface area contributed by atoms with Crippen molar-refractivity contribution < 1.29 is 4.74 Å². The fourth-order valence-electron chi connectivity index (χ4n) is 3.42. The highest BCUT2D eigenvalue weighted by molar-refractivity contribution is 4.90. The first-order valence-corrected chi connectivity index (χ1v) is 9.37. The molecular formula is C19H39NO. The smallest absolute Gasteiger partial charge is 0.0733 e. The maximum atomic E-state index is 6.42. The Hall–Kier alpha value is -0.0800. The van der Waals surface area contributed by atoms with Crippen molar-refractivity contribution in [3.63, 3.8) is 0 Å². The molecule has 0 amide bonds. The summed E-state index contributed by atoms with van der Waals surface area (Å²) < 4.78 is 6.42. The van der Waals surface area contributed by atoms with Crippen molar-refractivity contribution in [2.45, 2.75) is 98.1 Å². The summed E-state index contributed by atoms with van der Waals surface area (Å²) in [5.74, 6) is 0.752. The van der Waals surface area contributed by atoms with E-state index in [-0.39, 0.29) is 0 Å². The molecule has 0 aromatic heterocycles. The Balaban J connectivity index is 2.48. The van der Waals surface area contributed by atoms with Gasteiger partial charge >= 0.3 is 0 Å². The van der Waals surface area contributed by atoms with Crippen LogP contribution < -0.4 is 5.32 Å². The Morgan fingerprint density at radius 1 is 1.19 bits per heavy atom. The summed E-state index contributed by atoms with van der Waals surface area (Å²) in [7, 11) is 0. The molecule has 0 heterocycles. The molecule has 1 fully saturated rings. The normalized spacial score (nSPS) is 26.7. The molecule has 1 aliphatic carbocycles. The fourth-order valence-corrected chi connectivity index (χ4v) is 3.42. The fraction of sp³-hybridized carbons (Fsp3) is 1.00. The molecule has 21 heavy (non-hydrogen) atoms. The number of nitrogens with one attached hydrogen (secondary N) is 1. The van der Waals surface area contributed by atoms with Gasteiger partial charge in [-0.3, -0.25) is 0 Å². The molecule has 2 nitrogen and oxygen atoms in total. The molecule has 0 aliphatic heterocycles. The minimum Gasteiger partial charge on any atom is -0.376 e. The lowest BCUT2D eigenvalue weighted by Crippen LogP contribution is -2.48. The molecule has 0 spiro atoms. The topological polar surface area (TPSA) is 21.3 Å². The Morgan fingerprint density at radius 3 is 2.57 bits per heavy atom. The van der Waals surface area contributed by atoms with Crippen molar-refractivity contribution >= 4 is 0 Å². The highest BCUT2D eigenvalue weighted by atomic mass is 16.5. The van der Waals surface area contributed by atoms with Gasteiger partial charge in [0, 0.05) is 12.6 Å². The van der Waals surface area contributed by atoms with Gasteiger partial charge in [-0.15, -0.1) is 0 Å². The monoisotopic (exact) mass is 297 g/mol. The van der Waals surface area contributed by atoms with Crippen LogP contribution >= 0.6 is 0 Å². The van der Waals surface area contributed by atoms with E-state index < -0.39 is 0 Å². The van der Waals surface area contributed by atoms with E-state index in [1.54, 1.807) is 0 Å². The minimum absolute atomic E-state index is 0.413. The van der Waals surface area contributed by atoms with Gasteiger partial charge in [0.1, 0.15) is 0 Å². The zero-order valence-electron chi connectivity index (χ0n) is 15.2. The van der Waals surface area contributed by atoms with E-state index in [0.717, 1.165) is 19.1 Å². The molecule has 0 radical (unpaired) electrons. The summed E-state index contributed by atoms with van der Waals surface area (Å²) in [5, 5.41) is 3.72. The largest absolute Gasteiger partial charge is 0.376 e. The van der Waals surface area contributed by atoms with Crippen LogP contribution in [0.1, 0.15) is 86.0 Å². The first-order chi connectivity index (χ1) is 10.0. The summed E-state index contributed by atoms with van der Waals surface area (Å²) in [6.07, 6.45) is 10.6. The van der Waals surface area contributed by atoms with Gasteiger partial charge in [0.15, 0.2) is 0 Å². The lowest BCUT2D eigenvalue weighted by Gasteiger charge is -2.41. The second kappa shape index (κ2) is 9.84. The predicted molar refractivity (Wildman–Crippen MR) is 92.8 cm³/mol. The maximum Gasteiger partial charge on any atom is 0.0733 e. The van der Waals surface area contributed by atoms with Crippen LogP contribution in [0.15, 0.2) is 0 Å². The van der Waals surface area contributed by atoms with Crippen LogP contribution in [0.25, 0.3) is 0 Å². The number of hydrogen-bond acceptors (Lipinski definition) is 2. The number of unbranched alkanes of at least 4 members (excludes halogenated alkanes) is 1. The second-order valence-corrected chi connectivity index (χ2v) is 7.76. The number of ether oxygens (including phenoxy) is 1. The first kappa shape index (κ1) is 19.0. The van der Waals surface area contributed by atoms with Gasteiger partial charge in [-0.25, -0.2) is 0 Å². The SMILES string of the molecule is CCCCC(CC)COC1CC(C)(C)CCC1NCCC. The average molecular weight is 298 g/mol. The van der Waals surface area contributed by atoms with Crippen molar-refractivity contribution in [3.8, 4) is 0 Å². The lowest BCUT2D eigenvalue weighted by molar-refractivity contribution is -0.0429. The number of rotatable bonds is 10. The molecule has 0 aromatic rings. The second-order valence-electron chi connectivity index (χ2n) is 7.76. The highest BCUT2D eigenvalue weighted by Crippen LogP contribution is 2.37. The Kier molecular flexibility index (Phi) is 8.89. The standard InChI is InChI=1S/C19H39NO/c1-6-9-10-16(8-3)15-21-18-14-19(4,5)12-11-17(18)20-13-7-2/h16-18,20H,6-15H2,1-5H3. The molecule has 3 unspecified atom stereocenters. The highest BCUT2D eigenvalue weighted by Gasteiger charge is 2.35. The quantitative estimate of drug-likeness (QED) is 0.601. The van der Waals surface area contributed by atoms with Crippen molar-refractivity contribution in [3.05, 3.63) is 0 Å². The molecule has 3 atom stereocenters. The summed E-state index contributed by atoms with van der Waals surface area (Å²) in [4.78, 5) is 0. The van der Waals surface area contributed by atoms with Crippen LogP contribution in [0.3, 0.4) is 0 Å². The maximum absolute atomic E-state index is 6.42. The summed E-state index contributed by atoms with van der Waals surface area (Å²) in [6.45, 7) is 13.7. The summed E-state index contributed by atoms with van der Waals surface area (Å²) >= 11 is 0. The van der Waals surface area contributed by atoms with E-state index >= 15 is 0 Å². The van der Waals surface area contributed by atoms with Crippen LogP contribution in [-0.4, -0.2) is 25.3 Å². The Morgan fingerprint density at radius 2 is 1.95 bits per heavy atom. The minimum atomic E-state index is 0.413. The molecular weight excluding hydrogens is 258 g/mol. The van der Waals surface area contributed by atoms with Crippen LogP contribution in [-0.2, 0) is 4.74 Å². The summed E-state index contributed by atoms with van der Waals surface area (Å²) in [5.41, 5.74) is 0.445. The molecule has 126 valence electrons. The predicted octanol–water partition coefficient (Wildman–Crippen LogP) is 5.17. The van der Waals surface area contributed by atoms with Crippen molar-refractivity contribution in [1.82, 2.24) is 5.32 Å².